The molecular formula is C24H24Cl2F3N3O4S. The smallest absolute Gasteiger partial charge is 0.353 e. The maximum absolute atomic E-state index is 13.9. The second kappa shape index (κ2) is 10.7. The van der Waals surface area contributed by atoms with Crippen LogP contribution < -0.4 is 14.9 Å². The van der Waals surface area contributed by atoms with Crippen LogP contribution in [0.15, 0.2) is 41.3 Å². The van der Waals surface area contributed by atoms with Crippen molar-refractivity contribution < 1.29 is 31.2 Å². The standard InChI is InChI=1S/C24H24Cl2F3N3O4S/c25-16-11-14(24(27,28)29)12-17(26)22(16)37(35,36)32-19-10-6-5-9-18(19)31-23(34)20(32)13-21(33)30-15-7-3-1-2-4-8-15/h5-6,9-12,15,20H,1-4,7-8,13H2,(H,30,33)(H,31,34). The summed E-state index contributed by atoms with van der Waals surface area (Å²) in [7, 11) is -4.80. The molecule has 13 heteroatoms. The Hall–Kier alpha value is -2.50. The van der Waals surface area contributed by atoms with Crippen LogP contribution in [0.3, 0.4) is 0 Å². The Morgan fingerprint density at radius 1 is 1.05 bits per heavy atom. The molecule has 1 heterocycles. The zero-order chi connectivity index (χ0) is 27.0. The van der Waals surface area contributed by atoms with Crippen LogP contribution in [0.5, 0.6) is 0 Å². The van der Waals surface area contributed by atoms with Crippen LogP contribution in [-0.2, 0) is 25.8 Å². The number of alkyl halides is 3. The van der Waals surface area contributed by atoms with Crippen LogP contribution >= 0.6 is 23.2 Å². The molecule has 1 aliphatic heterocycles. The number of hydrogen-bond donors (Lipinski definition) is 2. The minimum atomic E-state index is -4.81. The number of carbonyl (C=O) groups is 2. The Morgan fingerprint density at radius 3 is 2.24 bits per heavy atom. The topological polar surface area (TPSA) is 95.6 Å². The van der Waals surface area contributed by atoms with E-state index >= 15 is 0 Å². The molecule has 0 aromatic heterocycles. The Labute approximate surface area is 222 Å². The van der Waals surface area contributed by atoms with E-state index in [0.29, 0.717) is 16.4 Å². The molecule has 0 saturated heterocycles. The number of para-hydroxylation sites is 2. The summed E-state index contributed by atoms with van der Waals surface area (Å²) in [6.45, 7) is 0. The third kappa shape index (κ3) is 5.83. The third-order valence-corrected chi connectivity index (χ3v) is 9.17. The minimum Gasteiger partial charge on any atom is -0.353 e. The lowest BCUT2D eigenvalue weighted by atomic mass is 10.1. The Bertz CT molecular complexity index is 1290. The molecule has 4 rings (SSSR count). The number of hydrogen-bond acceptors (Lipinski definition) is 4. The van der Waals surface area contributed by atoms with Crippen molar-refractivity contribution in [1.29, 1.82) is 0 Å². The van der Waals surface area contributed by atoms with Crippen molar-refractivity contribution in [3.8, 4) is 0 Å². The highest BCUT2D eigenvalue weighted by atomic mass is 35.5. The van der Waals surface area contributed by atoms with Gasteiger partial charge < -0.3 is 10.6 Å². The molecular weight excluding hydrogens is 554 g/mol. The van der Waals surface area contributed by atoms with Crippen molar-refractivity contribution in [2.75, 3.05) is 9.62 Å². The minimum absolute atomic E-state index is 0.0291. The van der Waals surface area contributed by atoms with Crippen LogP contribution in [0.4, 0.5) is 24.5 Å². The van der Waals surface area contributed by atoms with Crippen molar-refractivity contribution in [2.24, 2.45) is 0 Å². The number of halogens is 5. The average Bonchev–Trinajstić information content (AvgIpc) is 3.06. The largest absolute Gasteiger partial charge is 0.416 e. The van der Waals surface area contributed by atoms with Crippen LogP contribution in [0.1, 0.15) is 50.5 Å². The number of amides is 2. The number of fused-ring (bicyclic) bond motifs is 1. The van der Waals surface area contributed by atoms with Gasteiger partial charge >= 0.3 is 6.18 Å². The van der Waals surface area contributed by atoms with Crippen molar-refractivity contribution >= 4 is 56.4 Å². The predicted molar refractivity (Wildman–Crippen MR) is 134 cm³/mol. The fraction of sp³-hybridized carbons (Fsp3) is 0.417. The van der Waals surface area contributed by atoms with E-state index in [1.54, 1.807) is 6.07 Å². The highest BCUT2D eigenvalue weighted by Gasteiger charge is 2.44. The first kappa shape index (κ1) is 27.5. The molecule has 1 unspecified atom stereocenters. The van der Waals surface area contributed by atoms with Crippen molar-refractivity contribution in [3.05, 3.63) is 52.0 Å². The lowest BCUT2D eigenvalue weighted by Gasteiger charge is -2.37. The molecule has 200 valence electrons. The van der Waals surface area contributed by atoms with Crippen molar-refractivity contribution in [1.82, 2.24) is 5.32 Å². The van der Waals surface area contributed by atoms with E-state index in [1.807, 2.05) is 0 Å². The number of nitrogens with one attached hydrogen (secondary N) is 2. The first-order valence-electron chi connectivity index (χ1n) is 11.7. The normalized spacial score (nSPS) is 19.1. The van der Waals surface area contributed by atoms with Gasteiger partial charge in [0.2, 0.25) is 11.8 Å². The first-order valence-corrected chi connectivity index (χ1v) is 13.9. The van der Waals surface area contributed by atoms with Crippen LogP contribution in [0, 0.1) is 0 Å². The van der Waals surface area contributed by atoms with Gasteiger partial charge in [0.25, 0.3) is 10.0 Å². The van der Waals surface area contributed by atoms with Gasteiger partial charge in [-0.25, -0.2) is 8.42 Å². The fourth-order valence-corrected chi connectivity index (χ4v) is 7.49. The molecule has 0 spiro atoms. The number of carbonyl (C=O) groups excluding carboxylic acids is 2. The van der Waals surface area contributed by atoms with E-state index in [9.17, 15) is 31.2 Å². The Kier molecular flexibility index (Phi) is 7.96. The van der Waals surface area contributed by atoms with Gasteiger partial charge in [-0.05, 0) is 37.1 Å². The first-order chi connectivity index (χ1) is 17.4. The van der Waals surface area contributed by atoms with Gasteiger partial charge in [0.1, 0.15) is 10.9 Å². The molecule has 2 amide bonds. The summed E-state index contributed by atoms with van der Waals surface area (Å²) in [5.41, 5.74) is -1.05. The molecule has 2 aromatic carbocycles. The molecule has 1 saturated carbocycles. The lowest BCUT2D eigenvalue weighted by molar-refractivity contribution is -0.137. The highest BCUT2D eigenvalue weighted by molar-refractivity contribution is 7.93. The Balaban J connectivity index is 1.74. The van der Waals surface area contributed by atoms with E-state index in [1.165, 1.54) is 18.2 Å². The van der Waals surface area contributed by atoms with Crippen LogP contribution in [0.2, 0.25) is 10.0 Å². The Morgan fingerprint density at radius 2 is 1.65 bits per heavy atom. The molecule has 37 heavy (non-hydrogen) atoms. The summed E-state index contributed by atoms with van der Waals surface area (Å²) >= 11 is 12.1. The summed E-state index contributed by atoms with van der Waals surface area (Å²) in [4.78, 5) is 25.2. The summed E-state index contributed by atoms with van der Waals surface area (Å²) in [6, 6.07) is 5.28. The molecule has 1 fully saturated rings. The van der Waals surface area contributed by atoms with Gasteiger partial charge in [-0.1, -0.05) is 61.0 Å². The molecule has 2 aromatic rings. The summed E-state index contributed by atoms with van der Waals surface area (Å²) in [5, 5.41) is 3.97. The molecule has 7 nitrogen and oxygen atoms in total. The lowest BCUT2D eigenvalue weighted by Crippen LogP contribution is -2.53. The predicted octanol–water partition coefficient (Wildman–Crippen LogP) is 5.76. The fourth-order valence-electron chi connectivity index (χ4n) is 4.69. The van der Waals surface area contributed by atoms with Gasteiger partial charge in [0.05, 0.1) is 33.4 Å². The van der Waals surface area contributed by atoms with Crippen LogP contribution in [0.25, 0.3) is 0 Å². The zero-order valence-corrected chi connectivity index (χ0v) is 21.8. The van der Waals surface area contributed by atoms with E-state index in [-0.39, 0.29) is 17.4 Å². The maximum atomic E-state index is 13.9. The number of rotatable bonds is 5. The van der Waals surface area contributed by atoms with Gasteiger partial charge in [-0.15, -0.1) is 0 Å². The third-order valence-electron chi connectivity index (χ3n) is 6.43. The van der Waals surface area contributed by atoms with E-state index in [4.69, 9.17) is 23.2 Å². The van der Waals surface area contributed by atoms with Gasteiger partial charge in [-0.3, -0.25) is 13.9 Å². The SMILES string of the molecule is O=C(CC1C(=O)Nc2ccccc2N1S(=O)(=O)c1c(Cl)cc(C(F)(F)F)cc1Cl)NC1CCCCCC1. The van der Waals surface area contributed by atoms with E-state index in [2.05, 4.69) is 10.6 Å². The number of benzene rings is 2. The van der Waals surface area contributed by atoms with Gasteiger partial charge in [-0.2, -0.15) is 13.2 Å². The van der Waals surface area contributed by atoms with Crippen molar-refractivity contribution in [3.63, 3.8) is 0 Å². The summed E-state index contributed by atoms with van der Waals surface area (Å²) < 4.78 is 68.2. The average molecular weight is 578 g/mol. The number of sulfonamides is 1. The summed E-state index contributed by atoms with van der Waals surface area (Å²) in [5.74, 6) is -1.28. The van der Waals surface area contributed by atoms with E-state index < -0.39 is 61.0 Å². The second-order valence-electron chi connectivity index (χ2n) is 9.05. The van der Waals surface area contributed by atoms with Gasteiger partial charge in [0.15, 0.2) is 0 Å². The number of anilines is 2. The summed E-state index contributed by atoms with van der Waals surface area (Å²) in [6.07, 6.45) is 0.275. The molecule has 0 radical (unpaired) electrons. The van der Waals surface area contributed by atoms with E-state index in [0.717, 1.165) is 38.5 Å². The van der Waals surface area contributed by atoms with Crippen molar-refractivity contribution in [2.45, 2.75) is 68.1 Å². The van der Waals surface area contributed by atoms with Gasteiger partial charge in [0, 0.05) is 6.04 Å². The monoisotopic (exact) mass is 577 g/mol. The maximum Gasteiger partial charge on any atom is 0.416 e. The molecule has 1 atom stereocenters. The highest BCUT2D eigenvalue weighted by Crippen LogP contribution is 2.43. The number of nitrogens with zero attached hydrogens (tertiary/aromatic N) is 1. The zero-order valence-electron chi connectivity index (χ0n) is 19.4. The molecule has 2 aliphatic rings. The van der Waals surface area contributed by atoms with Crippen LogP contribution in [-0.4, -0.2) is 32.3 Å². The molecule has 0 bridgehead atoms. The quantitative estimate of drug-likeness (QED) is 0.442. The second-order valence-corrected chi connectivity index (χ2v) is 11.6. The molecule has 2 N–H and O–H groups in total. The molecule has 1 aliphatic carbocycles.